The van der Waals surface area contributed by atoms with Crippen LogP contribution in [0.1, 0.15) is 16.1 Å². The molecule has 0 spiro atoms. The van der Waals surface area contributed by atoms with E-state index in [-0.39, 0.29) is 5.69 Å². The predicted molar refractivity (Wildman–Crippen MR) is 67.9 cm³/mol. The molecule has 1 amide bonds. The van der Waals surface area contributed by atoms with Gasteiger partial charge in [0.25, 0.3) is 5.91 Å². The second-order valence-electron chi connectivity index (χ2n) is 3.56. The summed E-state index contributed by atoms with van der Waals surface area (Å²) in [6.45, 7) is 0.299. The highest BCUT2D eigenvalue weighted by atomic mass is 35.5. The van der Waals surface area contributed by atoms with Crippen molar-refractivity contribution < 1.29 is 9.63 Å². The maximum absolute atomic E-state index is 11.6. The fraction of sp³-hybridized carbons (Fsp3) is 0.0769. The van der Waals surface area contributed by atoms with Crippen molar-refractivity contribution in [1.29, 1.82) is 0 Å². The van der Waals surface area contributed by atoms with Gasteiger partial charge in [0.1, 0.15) is 5.69 Å². The van der Waals surface area contributed by atoms with Gasteiger partial charge in [-0.05, 0) is 17.7 Å². The van der Waals surface area contributed by atoms with Crippen molar-refractivity contribution in [2.75, 3.05) is 0 Å². The Bertz CT molecular complexity index is 532. The van der Waals surface area contributed by atoms with E-state index in [0.717, 1.165) is 5.56 Å². The molecule has 1 N–H and O–H groups in total. The first kappa shape index (κ1) is 12.5. The molecule has 0 saturated heterocycles. The molecule has 1 heterocycles. The number of nitrogens with one attached hydrogen (secondary N) is 1. The average Bonchev–Trinajstić information content (AvgIpc) is 2.40. The minimum absolute atomic E-state index is 0.218. The van der Waals surface area contributed by atoms with Gasteiger partial charge in [-0.25, -0.2) is 5.48 Å². The molecular formula is C13H11ClN2O2. The van der Waals surface area contributed by atoms with Gasteiger partial charge >= 0.3 is 0 Å². The molecule has 0 bridgehead atoms. The Hall–Kier alpha value is -1.91. The second-order valence-corrected chi connectivity index (χ2v) is 4.00. The summed E-state index contributed by atoms with van der Waals surface area (Å²) in [5, 5.41) is 0.457. The number of hydroxylamine groups is 1. The molecule has 1 aromatic heterocycles. The topological polar surface area (TPSA) is 51.2 Å². The molecule has 0 unspecified atom stereocenters. The van der Waals surface area contributed by atoms with E-state index < -0.39 is 5.91 Å². The van der Waals surface area contributed by atoms with Gasteiger partial charge in [-0.2, -0.15) is 0 Å². The van der Waals surface area contributed by atoms with Crippen molar-refractivity contribution in [3.05, 3.63) is 64.9 Å². The largest absolute Gasteiger partial charge is 0.293 e. The average molecular weight is 263 g/mol. The van der Waals surface area contributed by atoms with E-state index in [0.29, 0.717) is 11.6 Å². The molecule has 5 heteroatoms. The van der Waals surface area contributed by atoms with Crippen molar-refractivity contribution in [3.8, 4) is 0 Å². The lowest BCUT2D eigenvalue weighted by Crippen LogP contribution is -2.24. The molecule has 0 saturated carbocycles. The fourth-order valence-corrected chi connectivity index (χ4v) is 1.50. The first-order valence-corrected chi connectivity index (χ1v) is 5.71. The maximum Gasteiger partial charge on any atom is 0.293 e. The number of halogens is 1. The van der Waals surface area contributed by atoms with E-state index in [1.54, 1.807) is 6.07 Å². The summed E-state index contributed by atoms with van der Waals surface area (Å²) < 4.78 is 0. The van der Waals surface area contributed by atoms with E-state index in [1.165, 1.54) is 12.3 Å². The van der Waals surface area contributed by atoms with Crippen molar-refractivity contribution in [1.82, 2.24) is 10.5 Å². The number of hydrogen-bond acceptors (Lipinski definition) is 3. The minimum atomic E-state index is -0.423. The number of benzene rings is 1. The molecule has 1 aromatic carbocycles. The van der Waals surface area contributed by atoms with E-state index in [4.69, 9.17) is 16.4 Å². The highest BCUT2D eigenvalue weighted by molar-refractivity contribution is 6.30. The summed E-state index contributed by atoms with van der Waals surface area (Å²) in [7, 11) is 0. The Morgan fingerprint density at radius 3 is 2.78 bits per heavy atom. The summed E-state index contributed by atoms with van der Waals surface area (Å²) >= 11 is 5.76. The van der Waals surface area contributed by atoms with Crippen molar-refractivity contribution in [2.24, 2.45) is 0 Å². The maximum atomic E-state index is 11.6. The van der Waals surface area contributed by atoms with Gasteiger partial charge in [0.15, 0.2) is 0 Å². The van der Waals surface area contributed by atoms with Gasteiger partial charge in [0.05, 0.1) is 6.61 Å². The van der Waals surface area contributed by atoms with Crippen LogP contribution < -0.4 is 5.48 Å². The third kappa shape index (κ3) is 3.55. The van der Waals surface area contributed by atoms with Crippen LogP contribution in [0.4, 0.5) is 0 Å². The normalized spacial score (nSPS) is 10.1. The molecule has 0 aliphatic carbocycles. The molecule has 0 fully saturated rings. The molecule has 0 radical (unpaired) electrons. The van der Waals surface area contributed by atoms with Gasteiger partial charge in [-0.3, -0.25) is 14.6 Å². The standard InChI is InChI=1S/C13H11ClN2O2/c14-11-6-7-15-12(8-11)13(17)16-18-9-10-4-2-1-3-5-10/h1-8H,9H2,(H,16,17). The van der Waals surface area contributed by atoms with Crippen LogP contribution in [0.25, 0.3) is 0 Å². The van der Waals surface area contributed by atoms with Crippen LogP contribution in [0.15, 0.2) is 48.7 Å². The van der Waals surface area contributed by atoms with Crippen LogP contribution >= 0.6 is 11.6 Å². The quantitative estimate of drug-likeness (QED) is 0.862. The van der Waals surface area contributed by atoms with Crippen LogP contribution in [0.2, 0.25) is 5.02 Å². The third-order valence-corrected chi connectivity index (χ3v) is 2.44. The minimum Gasteiger partial charge on any atom is -0.269 e. The zero-order chi connectivity index (χ0) is 12.8. The number of pyridine rings is 1. The summed E-state index contributed by atoms with van der Waals surface area (Å²) in [4.78, 5) is 20.6. The van der Waals surface area contributed by atoms with Gasteiger partial charge in [0, 0.05) is 11.2 Å². The third-order valence-electron chi connectivity index (χ3n) is 2.20. The van der Waals surface area contributed by atoms with Crippen molar-refractivity contribution in [3.63, 3.8) is 0 Å². The smallest absolute Gasteiger partial charge is 0.269 e. The molecule has 0 aliphatic heterocycles. The Labute approximate surface area is 110 Å². The zero-order valence-electron chi connectivity index (χ0n) is 9.47. The highest BCUT2D eigenvalue weighted by Gasteiger charge is 2.07. The molecular weight excluding hydrogens is 252 g/mol. The van der Waals surface area contributed by atoms with Crippen molar-refractivity contribution in [2.45, 2.75) is 6.61 Å². The molecule has 18 heavy (non-hydrogen) atoms. The molecule has 92 valence electrons. The number of carbonyl (C=O) groups excluding carboxylic acids is 1. The Morgan fingerprint density at radius 2 is 2.06 bits per heavy atom. The SMILES string of the molecule is O=C(NOCc1ccccc1)c1cc(Cl)ccn1. The number of carbonyl (C=O) groups is 1. The Balaban J connectivity index is 1.86. The first-order chi connectivity index (χ1) is 8.75. The van der Waals surface area contributed by atoms with Crippen LogP contribution in [0.3, 0.4) is 0 Å². The van der Waals surface area contributed by atoms with E-state index in [2.05, 4.69) is 10.5 Å². The number of rotatable bonds is 4. The van der Waals surface area contributed by atoms with Crippen LogP contribution in [0, 0.1) is 0 Å². The van der Waals surface area contributed by atoms with E-state index in [1.807, 2.05) is 30.3 Å². The molecule has 2 rings (SSSR count). The molecule has 4 nitrogen and oxygen atoms in total. The number of amides is 1. The van der Waals surface area contributed by atoms with Gasteiger partial charge in [0.2, 0.25) is 0 Å². The summed E-state index contributed by atoms with van der Waals surface area (Å²) in [5.41, 5.74) is 3.50. The Kier molecular flexibility index (Phi) is 4.28. The van der Waals surface area contributed by atoms with Crippen LogP contribution in [-0.2, 0) is 11.4 Å². The van der Waals surface area contributed by atoms with Gasteiger partial charge < -0.3 is 0 Å². The number of nitrogens with zero attached hydrogens (tertiary/aromatic N) is 1. The van der Waals surface area contributed by atoms with E-state index in [9.17, 15) is 4.79 Å². The predicted octanol–water partition coefficient (Wildman–Crippen LogP) is 2.60. The van der Waals surface area contributed by atoms with Gasteiger partial charge in [-0.1, -0.05) is 41.9 Å². The summed E-state index contributed by atoms with van der Waals surface area (Å²) in [6, 6.07) is 12.6. The Morgan fingerprint density at radius 1 is 1.28 bits per heavy atom. The lowest BCUT2D eigenvalue weighted by molar-refractivity contribution is 0.0229. The van der Waals surface area contributed by atoms with Crippen molar-refractivity contribution >= 4 is 17.5 Å². The van der Waals surface area contributed by atoms with Gasteiger partial charge in [-0.15, -0.1) is 0 Å². The number of hydrogen-bond donors (Lipinski definition) is 1. The number of aromatic nitrogens is 1. The molecule has 0 atom stereocenters. The first-order valence-electron chi connectivity index (χ1n) is 5.33. The summed E-state index contributed by atoms with van der Waals surface area (Å²) in [6.07, 6.45) is 1.47. The lowest BCUT2D eigenvalue weighted by Gasteiger charge is -2.05. The molecule has 2 aromatic rings. The van der Waals surface area contributed by atoms with Crippen LogP contribution in [0.5, 0.6) is 0 Å². The van der Waals surface area contributed by atoms with Crippen LogP contribution in [-0.4, -0.2) is 10.9 Å². The molecule has 0 aliphatic rings. The van der Waals surface area contributed by atoms with E-state index >= 15 is 0 Å². The second kappa shape index (κ2) is 6.14. The lowest BCUT2D eigenvalue weighted by atomic mass is 10.2. The summed E-state index contributed by atoms with van der Waals surface area (Å²) in [5.74, 6) is -0.423. The zero-order valence-corrected chi connectivity index (χ0v) is 10.2. The fourth-order valence-electron chi connectivity index (χ4n) is 1.34. The highest BCUT2D eigenvalue weighted by Crippen LogP contribution is 2.07. The monoisotopic (exact) mass is 262 g/mol.